The van der Waals surface area contributed by atoms with E-state index < -0.39 is 0 Å². The van der Waals surface area contributed by atoms with Crippen molar-refractivity contribution in [1.29, 1.82) is 0 Å². The minimum absolute atomic E-state index is 0.101. The number of thiophene rings is 1. The Kier molecular flexibility index (Phi) is 7.92. The number of ether oxygens (including phenoxy) is 1. The smallest absolute Gasteiger partial charge is 0.138 e. The van der Waals surface area contributed by atoms with Gasteiger partial charge in [0.15, 0.2) is 0 Å². The van der Waals surface area contributed by atoms with E-state index in [1.807, 2.05) is 17.5 Å². The maximum absolute atomic E-state index is 6.94. The number of fused-ring (bicyclic) bond motifs is 7. The topological polar surface area (TPSA) is 33.5 Å². The summed E-state index contributed by atoms with van der Waals surface area (Å²) in [4.78, 5) is 9.90. The van der Waals surface area contributed by atoms with E-state index in [4.69, 9.17) is 9.72 Å². The third kappa shape index (κ3) is 5.79. The van der Waals surface area contributed by atoms with Crippen molar-refractivity contribution in [3.05, 3.63) is 182 Å². The Balaban J connectivity index is 1.04. The Bertz CT molecular complexity index is 3180. The summed E-state index contributed by atoms with van der Waals surface area (Å²) >= 11 is 1.81. The number of hydrogen-bond donors (Lipinski definition) is 0. The van der Waals surface area contributed by atoms with Crippen LogP contribution in [0.1, 0.15) is 26.3 Å². The molecule has 0 bridgehead atoms. The lowest BCUT2D eigenvalue weighted by molar-refractivity contribution is 0.479. The van der Waals surface area contributed by atoms with Crippen LogP contribution in [0.2, 0.25) is 0 Å². The lowest BCUT2D eigenvalue weighted by atomic mass is 9.86. The van der Waals surface area contributed by atoms with Gasteiger partial charge in [-0.2, -0.15) is 0 Å². The van der Waals surface area contributed by atoms with Gasteiger partial charge in [-0.25, -0.2) is 4.98 Å². The highest BCUT2D eigenvalue weighted by Crippen LogP contribution is 2.46. The molecule has 0 spiro atoms. The van der Waals surface area contributed by atoms with Crippen molar-refractivity contribution in [2.45, 2.75) is 26.2 Å². The molecule has 0 atom stereocenters. The molecule has 1 aliphatic heterocycles. The Morgan fingerprint density at radius 3 is 2.03 bits per heavy atom. The maximum atomic E-state index is 6.94. The summed E-state index contributed by atoms with van der Waals surface area (Å²) in [6, 6.07) is 60.7. The van der Waals surface area contributed by atoms with Gasteiger partial charge in [0.05, 0.1) is 22.4 Å². The average Bonchev–Trinajstić information content (AvgIpc) is 3.93. The molecule has 0 amide bonds. The average molecular weight is 769 g/mol. The van der Waals surface area contributed by atoms with Crippen molar-refractivity contribution >= 4 is 76.1 Å². The SMILES string of the molecule is CC(C)(C)c1cc(Oc2ccc3c4cc(-c5ccccc5)ccc4n(-c4cc5sc6ccccc6c5cn4)c3c2)cc(N2CN(c3ccccc3)c3ccccc32)c1. The molecule has 4 heterocycles. The van der Waals surface area contributed by atoms with E-state index >= 15 is 0 Å². The quantitative estimate of drug-likeness (QED) is 0.169. The van der Waals surface area contributed by atoms with E-state index in [9.17, 15) is 0 Å². The summed E-state index contributed by atoms with van der Waals surface area (Å²) in [6.07, 6.45) is 2.04. The second kappa shape index (κ2) is 13.4. The molecule has 0 saturated heterocycles. The summed E-state index contributed by atoms with van der Waals surface area (Å²) in [5.74, 6) is 2.46. The van der Waals surface area contributed by atoms with Gasteiger partial charge >= 0.3 is 0 Å². The predicted octanol–water partition coefficient (Wildman–Crippen LogP) is 14.6. The number of para-hydroxylation sites is 3. The molecular formula is C52H40N4OS. The Labute approximate surface area is 341 Å². The molecule has 11 rings (SSSR count). The van der Waals surface area contributed by atoms with Gasteiger partial charge in [-0.3, -0.25) is 4.57 Å². The molecule has 1 aliphatic rings. The van der Waals surface area contributed by atoms with Gasteiger partial charge in [-0.05, 0) is 94.9 Å². The molecule has 3 aromatic heterocycles. The highest BCUT2D eigenvalue weighted by atomic mass is 32.1. The molecule has 0 aliphatic carbocycles. The molecule has 0 saturated carbocycles. The summed E-state index contributed by atoms with van der Waals surface area (Å²) in [6.45, 7) is 7.49. The fraction of sp³-hybridized carbons (Fsp3) is 0.0962. The minimum atomic E-state index is -0.101. The lowest BCUT2D eigenvalue weighted by Gasteiger charge is -2.26. The van der Waals surface area contributed by atoms with Crippen molar-refractivity contribution in [1.82, 2.24) is 9.55 Å². The molecular weight excluding hydrogens is 729 g/mol. The molecule has 280 valence electrons. The third-order valence-corrected chi connectivity index (χ3v) is 12.6. The van der Waals surface area contributed by atoms with Gasteiger partial charge in [-0.15, -0.1) is 11.3 Å². The van der Waals surface area contributed by atoms with E-state index in [-0.39, 0.29) is 5.41 Å². The Morgan fingerprint density at radius 1 is 0.517 bits per heavy atom. The Morgan fingerprint density at radius 2 is 1.24 bits per heavy atom. The molecule has 0 N–H and O–H groups in total. The van der Waals surface area contributed by atoms with Gasteiger partial charge < -0.3 is 14.5 Å². The number of rotatable bonds is 6. The van der Waals surface area contributed by atoms with Gasteiger partial charge in [0.1, 0.15) is 24.0 Å². The van der Waals surface area contributed by atoms with Crippen LogP contribution in [0.25, 0.3) is 58.9 Å². The van der Waals surface area contributed by atoms with Crippen molar-refractivity contribution in [3.8, 4) is 28.4 Å². The highest BCUT2D eigenvalue weighted by Gasteiger charge is 2.29. The van der Waals surface area contributed by atoms with Crippen LogP contribution in [-0.2, 0) is 5.41 Å². The minimum Gasteiger partial charge on any atom is -0.457 e. The van der Waals surface area contributed by atoms with Crippen LogP contribution < -0.4 is 14.5 Å². The molecule has 7 aromatic carbocycles. The van der Waals surface area contributed by atoms with Crippen LogP contribution in [-0.4, -0.2) is 16.2 Å². The second-order valence-corrected chi connectivity index (χ2v) is 17.2. The molecule has 0 radical (unpaired) electrons. The largest absolute Gasteiger partial charge is 0.457 e. The number of aromatic nitrogens is 2. The summed E-state index contributed by atoms with van der Waals surface area (Å²) in [5, 5.41) is 4.75. The monoisotopic (exact) mass is 768 g/mol. The summed E-state index contributed by atoms with van der Waals surface area (Å²) in [7, 11) is 0. The van der Waals surface area contributed by atoms with Crippen LogP contribution in [0.3, 0.4) is 0 Å². The molecule has 0 unspecified atom stereocenters. The standard InChI is InChI=1S/C52H40N4OS/c1-52(2,3)36-27-38(55-33-54(37-16-8-5-9-17-37)46-19-11-12-20-47(46)55)29-40(28-36)57-39-23-24-41-43-26-35(34-14-6-4-7-15-34)22-25-45(43)56(48(41)30-39)51-31-50-44(32-53-51)42-18-10-13-21-49(42)58-50/h4-32H,33H2,1-3H3. The van der Waals surface area contributed by atoms with E-state index in [2.05, 4.69) is 205 Å². The van der Waals surface area contributed by atoms with Crippen molar-refractivity contribution in [2.24, 2.45) is 0 Å². The van der Waals surface area contributed by atoms with E-state index in [1.165, 1.54) is 59.3 Å². The first-order valence-electron chi connectivity index (χ1n) is 19.8. The molecule has 58 heavy (non-hydrogen) atoms. The van der Waals surface area contributed by atoms with Crippen LogP contribution in [0.4, 0.5) is 22.7 Å². The first kappa shape index (κ1) is 34.4. The Hall–Kier alpha value is -6.89. The fourth-order valence-corrected chi connectivity index (χ4v) is 9.59. The van der Waals surface area contributed by atoms with Crippen molar-refractivity contribution < 1.29 is 4.74 Å². The van der Waals surface area contributed by atoms with Crippen LogP contribution in [0, 0.1) is 0 Å². The highest BCUT2D eigenvalue weighted by molar-refractivity contribution is 7.25. The first-order valence-corrected chi connectivity index (χ1v) is 20.6. The molecule has 5 nitrogen and oxygen atoms in total. The maximum Gasteiger partial charge on any atom is 0.138 e. The third-order valence-electron chi connectivity index (χ3n) is 11.4. The fourth-order valence-electron chi connectivity index (χ4n) is 8.48. The van der Waals surface area contributed by atoms with Crippen molar-refractivity contribution in [3.63, 3.8) is 0 Å². The number of pyridine rings is 1. The molecule has 10 aromatic rings. The van der Waals surface area contributed by atoms with Gasteiger partial charge in [0, 0.05) is 60.6 Å². The van der Waals surface area contributed by atoms with Crippen LogP contribution >= 0.6 is 11.3 Å². The normalized spacial score (nSPS) is 12.9. The zero-order chi connectivity index (χ0) is 39.0. The number of anilines is 4. The summed E-state index contributed by atoms with van der Waals surface area (Å²) < 4.78 is 11.7. The van der Waals surface area contributed by atoms with E-state index in [0.717, 1.165) is 39.4 Å². The van der Waals surface area contributed by atoms with Gasteiger partial charge in [-0.1, -0.05) is 106 Å². The molecule has 0 fully saturated rings. The molecule has 6 heteroatoms. The van der Waals surface area contributed by atoms with Crippen LogP contribution in [0.5, 0.6) is 11.5 Å². The van der Waals surface area contributed by atoms with Crippen molar-refractivity contribution in [2.75, 3.05) is 16.5 Å². The van der Waals surface area contributed by atoms with E-state index in [1.54, 1.807) is 0 Å². The zero-order valence-electron chi connectivity index (χ0n) is 32.6. The van der Waals surface area contributed by atoms with Gasteiger partial charge in [0.25, 0.3) is 0 Å². The second-order valence-electron chi connectivity index (χ2n) is 16.1. The number of nitrogens with zero attached hydrogens (tertiary/aromatic N) is 4. The van der Waals surface area contributed by atoms with Crippen LogP contribution in [0.15, 0.2) is 176 Å². The number of benzene rings is 7. The summed E-state index contributed by atoms with van der Waals surface area (Å²) in [5.41, 5.74) is 10.3. The lowest BCUT2D eigenvalue weighted by Crippen LogP contribution is -2.24. The zero-order valence-corrected chi connectivity index (χ0v) is 33.4. The predicted molar refractivity (Wildman–Crippen MR) is 244 cm³/mol. The van der Waals surface area contributed by atoms with Gasteiger partial charge in [0.2, 0.25) is 0 Å². The first-order chi connectivity index (χ1) is 28.4. The number of hydrogen-bond acceptors (Lipinski definition) is 5. The van der Waals surface area contributed by atoms with E-state index in [0.29, 0.717) is 6.67 Å².